The van der Waals surface area contributed by atoms with Crippen molar-refractivity contribution in [3.05, 3.63) is 60.2 Å². The third-order valence-corrected chi connectivity index (χ3v) is 2.65. The highest BCUT2D eigenvalue weighted by molar-refractivity contribution is 5.99. The van der Waals surface area contributed by atoms with Gasteiger partial charge in [0, 0.05) is 12.6 Å². The Labute approximate surface area is 105 Å². The molecule has 2 rings (SSSR count). The maximum Gasteiger partial charge on any atom is 0.189 e. The summed E-state index contributed by atoms with van der Waals surface area (Å²) in [7, 11) is 0. The first-order valence-corrected chi connectivity index (χ1v) is 5.55. The molecule has 88 valence electrons. The second-order valence-electron chi connectivity index (χ2n) is 3.78. The minimum absolute atomic E-state index is 0.146. The molecule has 4 heteroatoms. The fourth-order valence-electron chi connectivity index (χ4n) is 1.75. The second-order valence-corrected chi connectivity index (χ2v) is 3.78. The first-order chi connectivity index (χ1) is 8.83. The highest BCUT2D eigenvalue weighted by Crippen LogP contribution is 2.22. The largest absolute Gasteiger partial charge is 0.292 e. The van der Waals surface area contributed by atoms with E-state index in [9.17, 15) is 4.79 Å². The van der Waals surface area contributed by atoms with Crippen LogP contribution < -0.4 is 0 Å². The lowest BCUT2D eigenvalue weighted by atomic mass is 9.90. The molecule has 1 aromatic carbocycles. The Bertz CT molecular complexity index is 561. The van der Waals surface area contributed by atoms with Crippen LogP contribution in [0.1, 0.15) is 28.4 Å². The van der Waals surface area contributed by atoms with Gasteiger partial charge >= 0.3 is 0 Å². The maximum absolute atomic E-state index is 12.3. The van der Waals surface area contributed by atoms with Crippen LogP contribution in [0.15, 0.2) is 48.9 Å². The zero-order valence-electron chi connectivity index (χ0n) is 9.65. The van der Waals surface area contributed by atoms with Crippen LogP contribution in [-0.4, -0.2) is 15.8 Å². The molecule has 0 aliphatic heterocycles. The average molecular weight is 237 g/mol. The monoisotopic (exact) mass is 237 g/mol. The van der Waals surface area contributed by atoms with Crippen molar-refractivity contribution < 1.29 is 4.79 Å². The molecule has 2 aromatic rings. The Hall–Kier alpha value is -2.54. The summed E-state index contributed by atoms with van der Waals surface area (Å²) in [4.78, 5) is 20.0. The molecule has 0 N–H and O–H groups in total. The number of aromatic nitrogens is 2. The van der Waals surface area contributed by atoms with Crippen molar-refractivity contribution in [1.82, 2.24) is 9.97 Å². The average Bonchev–Trinajstić information content (AvgIpc) is 2.46. The molecular weight excluding hydrogens is 226 g/mol. The van der Waals surface area contributed by atoms with E-state index in [1.54, 1.807) is 6.07 Å². The molecule has 0 spiro atoms. The van der Waals surface area contributed by atoms with Crippen molar-refractivity contribution in [2.45, 2.75) is 12.3 Å². The first kappa shape index (κ1) is 11.9. The van der Waals surface area contributed by atoms with E-state index in [1.165, 1.54) is 12.5 Å². The number of rotatable bonds is 4. The summed E-state index contributed by atoms with van der Waals surface area (Å²) in [6.45, 7) is 0. The number of hydrogen-bond donors (Lipinski definition) is 0. The Morgan fingerprint density at radius 1 is 1.28 bits per heavy atom. The summed E-state index contributed by atoms with van der Waals surface area (Å²) in [6, 6.07) is 12.9. The molecule has 0 saturated heterocycles. The van der Waals surface area contributed by atoms with Crippen molar-refractivity contribution in [2.24, 2.45) is 0 Å². The smallest absolute Gasteiger partial charge is 0.189 e. The lowest BCUT2D eigenvalue weighted by Gasteiger charge is -2.12. The van der Waals surface area contributed by atoms with E-state index in [0.29, 0.717) is 5.69 Å². The zero-order valence-corrected chi connectivity index (χ0v) is 9.65. The maximum atomic E-state index is 12.3. The highest BCUT2D eigenvalue weighted by Gasteiger charge is 2.22. The van der Waals surface area contributed by atoms with Crippen molar-refractivity contribution in [3.8, 4) is 6.07 Å². The summed E-state index contributed by atoms with van der Waals surface area (Å²) < 4.78 is 0. The Morgan fingerprint density at radius 3 is 2.67 bits per heavy atom. The van der Waals surface area contributed by atoms with E-state index >= 15 is 0 Å². The number of carbonyl (C=O) groups is 1. The number of nitriles is 1. The van der Waals surface area contributed by atoms with Crippen LogP contribution in [0.25, 0.3) is 0 Å². The van der Waals surface area contributed by atoms with Crippen molar-refractivity contribution >= 4 is 5.78 Å². The van der Waals surface area contributed by atoms with Gasteiger partial charge in [-0.25, -0.2) is 9.97 Å². The van der Waals surface area contributed by atoms with E-state index in [-0.39, 0.29) is 12.2 Å². The van der Waals surface area contributed by atoms with E-state index < -0.39 is 5.92 Å². The zero-order chi connectivity index (χ0) is 12.8. The van der Waals surface area contributed by atoms with Crippen molar-refractivity contribution in [2.75, 3.05) is 0 Å². The van der Waals surface area contributed by atoms with Crippen molar-refractivity contribution in [3.63, 3.8) is 0 Å². The summed E-state index contributed by atoms with van der Waals surface area (Å²) in [5.41, 5.74) is 1.18. The third-order valence-electron chi connectivity index (χ3n) is 2.65. The molecule has 4 nitrogen and oxygen atoms in total. The van der Waals surface area contributed by atoms with E-state index in [1.807, 2.05) is 30.3 Å². The van der Waals surface area contributed by atoms with Crippen LogP contribution in [0, 0.1) is 11.3 Å². The van der Waals surface area contributed by atoms with Crippen LogP contribution in [0.5, 0.6) is 0 Å². The molecule has 1 heterocycles. The summed E-state index contributed by atoms with van der Waals surface area (Å²) in [5.74, 6) is -0.615. The van der Waals surface area contributed by atoms with Crippen LogP contribution in [0.2, 0.25) is 0 Å². The molecule has 0 amide bonds. The summed E-state index contributed by atoms with van der Waals surface area (Å²) in [6.07, 6.45) is 3.00. The lowest BCUT2D eigenvalue weighted by Crippen LogP contribution is -2.14. The number of ketones is 1. The van der Waals surface area contributed by atoms with Gasteiger partial charge in [0.25, 0.3) is 0 Å². The predicted molar refractivity (Wildman–Crippen MR) is 65.8 cm³/mol. The number of nitrogens with zero attached hydrogens (tertiary/aromatic N) is 3. The third kappa shape index (κ3) is 2.58. The van der Waals surface area contributed by atoms with Gasteiger partial charge in [0.15, 0.2) is 5.78 Å². The molecule has 0 bridgehead atoms. The fraction of sp³-hybridized carbons (Fsp3) is 0.143. The van der Waals surface area contributed by atoms with Gasteiger partial charge in [0.1, 0.15) is 12.0 Å². The van der Waals surface area contributed by atoms with Crippen LogP contribution in [0.3, 0.4) is 0 Å². The minimum Gasteiger partial charge on any atom is -0.292 e. The molecular formula is C14H11N3O. The van der Waals surface area contributed by atoms with Gasteiger partial charge in [-0.05, 0) is 11.6 Å². The van der Waals surface area contributed by atoms with E-state index in [0.717, 1.165) is 5.56 Å². The standard InChI is InChI=1S/C14H11N3O/c15-8-6-12(11-4-2-1-3-5-11)14(18)13-7-9-16-10-17-13/h1-5,7,9-10,12H,6H2. The normalized spacial score (nSPS) is 11.5. The summed E-state index contributed by atoms with van der Waals surface area (Å²) in [5, 5.41) is 8.86. The number of carbonyl (C=O) groups excluding carboxylic acids is 1. The van der Waals surface area contributed by atoms with Gasteiger partial charge in [-0.15, -0.1) is 0 Å². The van der Waals surface area contributed by atoms with E-state index in [2.05, 4.69) is 16.0 Å². The minimum atomic E-state index is -0.467. The molecule has 0 aliphatic rings. The quantitative estimate of drug-likeness (QED) is 0.765. The first-order valence-electron chi connectivity index (χ1n) is 5.55. The van der Waals surface area contributed by atoms with Gasteiger partial charge in [-0.3, -0.25) is 4.79 Å². The fourth-order valence-corrected chi connectivity index (χ4v) is 1.75. The SMILES string of the molecule is N#CCC(C(=O)c1ccncn1)c1ccccc1. The lowest BCUT2D eigenvalue weighted by molar-refractivity contribution is 0.0955. The van der Waals surface area contributed by atoms with Gasteiger partial charge in [0.05, 0.1) is 12.0 Å². The van der Waals surface area contributed by atoms with Crippen LogP contribution >= 0.6 is 0 Å². The van der Waals surface area contributed by atoms with Gasteiger partial charge in [-0.1, -0.05) is 30.3 Å². The number of Topliss-reactive ketones (excluding diaryl/α,β-unsaturated/α-hetero) is 1. The predicted octanol–water partition coefficient (Wildman–Crippen LogP) is 2.36. The highest BCUT2D eigenvalue weighted by atomic mass is 16.1. The van der Waals surface area contributed by atoms with Crippen molar-refractivity contribution in [1.29, 1.82) is 5.26 Å². The van der Waals surface area contributed by atoms with Gasteiger partial charge in [-0.2, -0.15) is 5.26 Å². The van der Waals surface area contributed by atoms with E-state index in [4.69, 9.17) is 5.26 Å². The Kier molecular flexibility index (Phi) is 3.77. The van der Waals surface area contributed by atoms with Crippen LogP contribution in [0.4, 0.5) is 0 Å². The molecule has 1 unspecified atom stereocenters. The Morgan fingerprint density at radius 2 is 2.06 bits per heavy atom. The molecule has 1 atom stereocenters. The molecule has 0 aliphatic carbocycles. The molecule has 1 aromatic heterocycles. The molecule has 18 heavy (non-hydrogen) atoms. The van der Waals surface area contributed by atoms with Crippen LogP contribution in [-0.2, 0) is 0 Å². The summed E-state index contributed by atoms with van der Waals surface area (Å²) >= 11 is 0. The molecule has 0 saturated carbocycles. The van der Waals surface area contributed by atoms with Gasteiger partial charge < -0.3 is 0 Å². The second kappa shape index (κ2) is 5.69. The number of hydrogen-bond acceptors (Lipinski definition) is 4. The molecule has 0 radical (unpaired) electrons. The topological polar surface area (TPSA) is 66.6 Å². The number of benzene rings is 1. The Balaban J connectivity index is 2.32. The molecule has 0 fully saturated rings. The van der Waals surface area contributed by atoms with Gasteiger partial charge in [0.2, 0.25) is 0 Å².